The fourth-order valence-electron chi connectivity index (χ4n) is 3.04. The van der Waals surface area contributed by atoms with Gasteiger partial charge in [0.2, 0.25) is 0 Å². The monoisotopic (exact) mass is 338 g/mol. The summed E-state index contributed by atoms with van der Waals surface area (Å²) in [5, 5.41) is 6.46. The van der Waals surface area contributed by atoms with Gasteiger partial charge in [0.15, 0.2) is 5.84 Å². The van der Waals surface area contributed by atoms with Crippen LogP contribution < -0.4 is 0 Å². The summed E-state index contributed by atoms with van der Waals surface area (Å²) in [4.78, 5) is 8.87. The number of furan rings is 1. The number of hydrogen-bond donors (Lipinski definition) is 0. The van der Waals surface area contributed by atoms with E-state index < -0.39 is 0 Å². The lowest BCUT2D eigenvalue weighted by atomic mass is 10.1. The maximum Gasteiger partial charge on any atom is 0.175 e. The molecular formula is C19H18N2O2S. The van der Waals surface area contributed by atoms with Gasteiger partial charge >= 0.3 is 0 Å². The second-order valence-corrected chi connectivity index (χ2v) is 6.69. The molecule has 2 aromatic heterocycles. The molecule has 0 amide bonds. The molecule has 1 aliphatic rings. The lowest BCUT2D eigenvalue weighted by Gasteiger charge is -2.29. The molecular weight excluding hydrogens is 320 g/mol. The zero-order chi connectivity index (χ0) is 16.4. The van der Waals surface area contributed by atoms with E-state index in [1.54, 1.807) is 13.4 Å². The van der Waals surface area contributed by atoms with Gasteiger partial charge in [0.05, 0.1) is 6.26 Å². The van der Waals surface area contributed by atoms with E-state index in [4.69, 9.17) is 9.25 Å². The van der Waals surface area contributed by atoms with Gasteiger partial charge in [0.1, 0.15) is 12.9 Å². The smallest absolute Gasteiger partial charge is 0.175 e. The van der Waals surface area contributed by atoms with E-state index in [2.05, 4.69) is 45.8 Å². The average Bonchev–Trinajstić information content (AvgIpc) is 3.30. The first-order chi connectivity index (χ1) is 11.8. The molecule has 0 aliphatic carbocycles. The second kappa shape index (κ2) is 6.53. The van der Waals surface area contributed by atoms with Gasteiger partial charge in [-0.1, -0.05) is 29.4 Å². The van der Waals surface area contributed by atoms with Crippen molar-refractivity contribution in [3.8, 4) is 11.3 Å². The second-order valence-electron chi connectivity index (χ2n) is 5.69. The van der Waals surface area contributed by atoms with Gasteiger partial charge < -0.3 is 14.2 Å². The van der Waals surface area contributed by atoms with Crippen molar-refractivity contribution in [1.82, 2.24) is 4.90 Å². The van der Waals surface area contributed by atoms with E-state index in [9.17, 15) is 0 Å². The molecule has 0 unspecified atom stereocenters. The number of rotatable bonds is 3. The Morgan fingerprint density at radius 1 is 1.21 bits per heavy atom. The van der Waals surface area contributed by atoms with E-state index >= 15 is 0 Å². The first-order valence-electron chi connectivity index (χ1n) is 7.91. The molecule has 122 valence electrons. The number of benzene rings is 1. The predicted octanol–water partition coefficient (Wildman–Crippen LogP) is 4.37. The molecule has 0 fully saturated rings. The zero-order valence-electron chi connectivity index (χ0n) is 13.4. The third-order valence-electron chi connectivity index (χ3n) is 4.23. The summed E-state index contributed by atoms with van der Waals surface area (Å²) >= 11 is 1.84. The van der Waals surface area contributed by atoms with Crippen molar-refractivity contribution < 1.29 is 9.25 Å². The molecule has 4 rings (SSSR count). The van der Waals surface area contributed by atoms with Gasteiger partial charge in [0.25, 0.3) is 0 Å². The Balaban J connectivity index is 1.61. The Morgan fingerprint density at radius 2 is 2.08 bits per heavy atom. The van der Waals surface area contributed by atoms with Gasteiger partial charge in [-0.15, -0.1) is 11.3 Å². The van der Waals surface area contributed by atoms with Crippen LogP contribution in [-0.2, 0) is 17.8 Å². The summed E-state index contributed by atoms with van der Waals surface area (Å²) in [5.41, 5.74) is 3.49. The zero-order valence-corrected chi connectivity index (χ0v) is 14.3. The molecule has 0 N–H and O–H groups in total. The fourth-order valence-corrected chi connectivity index (χ4v) is 3.92. The maximum absolute atomic E-state index is 5.45. The number of nitrogens with zero attached hydrogens (tertiary/aromatic N) is 2. The number of fused-ring (bicyclic) bond motifs is 1. The first kappa shape index (κ1) is 15.0. The quantitative estimate of drug-likeness (QED) is 0.404. The molecule has 1 aromatic carbocycles. The number of amidine groups is 1. The SMILES string of the molecule is CO/N=C(/c1ccc(-c2ccco2)cc1)N1CCc2sccc2C1. The fraction of sp³-hybridized carbons (Fsp3) is 0.211. The molecule has 24 heavy (non-hydrogen) atoms. The molecule has 3 heterocycles. The maximum atomic E-state index is 5.45. The topological polar surface area (TPSA) is 38.0 Å². The summed E-state index contributed by atoms with van der Waals surface area (Å²) < 4.78 is 5.45. The van der Waals surface area contributed by atoms with Crippen molar-refractivity contribution in [2.24, 2.45) is 5.16 Å². The highest BCUT2D eigenvalue weighted by atomic mass is 32.1. The van der Waals surface area contributed by atoms with Gasteiger partial charge in [0, 0.05) is 29.1 Å². The van der Waals surface area contributed by atoms with Crippen LogP contribution >= 0.6 is 11.3 Å². The molecule has 0 atom stereocenters. The van der Waals surface area contributed by atoms with E-state index in [0.29, 0.717) is 0 Å². The van der Waals surface area contributed by atoms with Crippen molar-refractivity contribution in [2.45, 2.75) is 13.0 Å². The van der Waals surface area contributed by atoms with Crippen LogP contribution in [0, 0.1) is 0 Å². The minimum absolute atomic E-state index is 0.868. The van der Waals surface area contributed by atoms with Crippen LogP contribution in [0.1, 0.15) is 16.0 Å². The number of thiophene rings is 1. The molecule has 0 bridgehead atoms. The molecule has 5 heteroatoms. The average molecular weight is 338 g/mol. The molecule has 0 saturated carbocycles. The molecule has 0 saturated heterocycles. The van der Waals surface area contributed by atoms with Crippen molar-refractivity contribution >= 4 is 17.2 Å². The predicted molar refractivity (Wildman–Crippen MR) is 96.1 cm³/mol. The van der Waals surface area contributed by atoms with E-state index in [0.717, 1.165) is 42.2 Å². The summed E-state index contributed by atoms with van der Waals surface area (Å²) in [6.07, 6.45) is 2.74. The molecule has 3 aromatic rings. The highest BCUT2D eigenvalue weighted by Crippen LogP contribution is 2.26. The number of oxime groups is 1. The van der Waals surface area contributed by atoms with Crippen LogP contribution in [0.25, 0.3) is 11.3 Å². The van der Waals surface area contributed by atoms with Crippen LogP contribution in [0.2, 0.25) is 0 Å². The lowest BCUT2D eigenvalue weighted by Crippen LogP contribution is -2.36. The summed E-state index contributed by atoms with van der Waals surface area (Å²) in [7, 11) is 1.59. The van der Waals surface area contributed by atoms with E-state index in [1.165, 1.54) is 10.4 Å². The Bertz CT molecular complexity index is 835. The molecule has 1 aliphatic heterocycles. The third-order valence-corrected chi connectivity index (χ3v) is 5.26. The Labute approximate surface area is 145 Å². The van der Waals surface area contributed by atoms with Gasteiger partial charge in [-0.25, -0.2) is 0 Å². The van der Waals surface area contributed by atoms with Gasteiger partial charge in [-0.2, -0.15) is 0 Å². The van der Waals surface area contributed by atoms with Crippen LogP contribution in [0.4, 0.5) is 0 Å². The molecule has 0 spiro atoms. The highest BCUT2D eigenvalue weighted by molar-refractivity contribution is 7.10. The van der Waals surface area contributed by atoms with Crippen LogP contribution in [0.15, 0.2) is 63.7 Å². The van der Waals surface area contributed by atoms with E-state index in [1.807, 2.05) is 23.5 Å². The first-order valence-corrected chi connectivity index (χ1v) is 8.79. The largest absolute Gasteiger partial charge is 0.464 e. The Kier molecular flexibility index (Phi) is 4.09. The Morgan fingerprint density at radius 3 is 2.83 bits per heavy atom. The summed E-state index contributed by atoms with van der Waals surface area (Å²) in [6, 6.07) is 14.3. The van der Waals surface area contributed by atoms with E-state index in [-0.39, 0.29) is 0 Å². The Hall–Kier alpha value is -2.53. The normalized spacial score (nSPS) is 14.5. The van der Waals surface area contributed by atoms with Gasteiger partial charge in [-0.3, -0.25) is 0 Å². The van der Waals surface area contributed by atoms with Crippen LogP contribution in [0.5, 0.6) is 0 Å². The van der Waals surface area contributed by atoms with Crippen LogP contribution in [0.3, 0.4) is 0 Å². The lowest BCUT2D eigenvalue weighted by molar-refractivity contribution is 0.204. The van der Waals surface area contributed by atoms with Crippen molar-refractivity contribution in [3.05, 3.63) is 70.1 Å². The van der Waals surface area contributed by atoms with Gasteiger partial charge in [-0.05, 0) is 35.6 Å². The summed E-state index contributed by atoms with van der Waals surface area (Å²) in [6.45, 7) is 1.83. The third kappa shape index (κ3) is 2.83. The van der Waals surface area contributed by atoms with Crippen LogP contribution in [-0.4, -0.2) is 24.4 Å². The minimum atomic E-state index is 0.868. The van der Waals surface area contributed by atoms with Crippen molar-refractivity contribution in [2.75, 3.05) is 13.7 Å². The molecule has 0 radical (unpaired) electrons. The molecule has 4 nitrogen and oxygen atoms in total. The van der Waals surface area contributed by atoms with Crippen molar-refractivity contribution in [3.63, 3.8) is 0 Å². The highest BCUT2D eigenvalue weighted by Gasteiger charge is 2.22. The summed E-state index contributed by atoms with van der Waals surface area (Å²) in [5.74, 6) is 1.74. The minimum Gasteiger partial charge on any atom is -0.464 e. The van der Waals surface area contributed by atoms with Crippen molar-refractivity contribution in [1.29, 1.82) is 0 Å². The number of hydrogen-bond acceptors (Lipinski definition) is 4. The standard InChI is InChI=1S/C19H18N2O2S/c1-22-20-19(21-10-8-18-16(13-21)9-12-24-18)15-6-4-14(5-7-15)17-3-2-11-23-17/h2-7,9,11-12H,8,10,13H2,1H3/b20-19-.